The van der Waals surface area contributed by atoms with Crippen LogP contribution < -0.4 is 51.4 Å². The Morgan fingerprint density at radius 2 is 1.43 bits per heavy atom. The summed E-state index contributed by atoms with van der Waals surface area (Å²) in [6.45, 7) is 7.87. The van der Waals surface area contributed by atoms with E-state index in [1.54, 1.807) is 0 Å². The Morgan fingerprint density at radius 1 is 1.43 bits per heavy atom. The van der Waals surface area contributed by atoms with Crippen molar-refractivity contribution in [2.24, 2.45) is 0 Å². The summed E-state index contributed by atoms with van der Waals surface area (Å²) in [4.78, 5) is 0. The maximum Gasteiger partial charge on any atom is 1.00 e. The summed E-state index contributed by atoms with van der Waals surface area (Å²) in [7, 11) is -0.630. The molecule has 0 aromatic heterocycles. The zero-order chi connectivity index (χ0) is 6.28. The SMILES string of the molecule is C[CH-]C.[2H][Si-](C)C.[K+]. The molecular weight excluding hydrogens is 127 g/mol. The molecule has 0 bridgehead atoms. The van der Waals surface area contributed by atoms with Gasteiger partial charge in [0.1, 0.15) is 0 Å². The Hall–Kier alpha value is 1.85. The third-order valence-corrected chi connectivity index (χ3v) is 0. The Kier molecular flexibility index (Phi) is 41.3. The van der Waals surface area contributed by atoms with E-state index in [0.29, 0.717) is 0 Å². The standard InChI is InChI=1S/C3H7.C2H7Si.K/c2*1-3-2;/h2*3H,1-2H3;/q2*-1;+1/i;3D;. The van der Waals surface area contributed by atoms with E-state index in [4.69, 9.17) is 1.23 Å². The first-order chi connectivity index (χ1) is 3.15. The molecule has 0 unspecified atom stereocenters. The largest absolute Gasteiger partial charge is 1.00 e. The van der Waals surface area contributed by atoms with E-state index in [2.05, 4.69) is 0 Å². The van der Waals surface area contributed by atoms with Crippen LogP contribution >= 0.6 is 0 Å². The van der Waals surface area contributed by atoms with E-state index in [1.165, 1.54) is 0 Å². The van der Waals surface area contributed by atoms with Gasteiger partial charge in [0.15, 0.2) is 0 Å². The molecule has 7 heavy (non-hydrogen) atoms. The summed E-state index contributed by atoms with van der Waals surface area (Å²) in [5, 5.41) is 0. The van der Waals surface area contributed by atoms with Crippen molar-refractivity contribution in [3.05, 3.63) is 6.42 Å². The number of hydrogen-bond acceptors (Lipinski definition) is 0. The zero-order valence-electron chi connectivity index (χ0n) is 7.08. The van der Waals surface area contributed by atoms with Crippen molar-refractivity contribution in [2.45, 2.75) is 26.9 Å². The van der Waals surface area contributed by atoms with Gasteiger partial charge in [-0.05, 0) is 0 Å². The smallest absolute Gasteiger partial charge is 0.335 e. The van der Waals surface area contributed by atoms with Crippen molar-refractivity contribution in [3.8, 4) is 0 Å². The molecule has 0 spiro atoms. The van der Waals surface area contributed by atoms with Crippen molar-refractivity contribution in [3.63, 3.8) is 0 Å². The van der Waals surface area contributed by atoms with Gasteiger partial charge in [-0.3, -0.25) is 9.45 Å². The molecule has 40 valence electrons. The van der Waals surface area contributed by atoms with E-state index >= 15 is 0 Å². The average Bonchev–Trinajstić information content (AvgIpc) is 1.33. The fourth-order valence-corrected chi connectivity index (χ4v) is 0. The molecule has 0 radical (unpaired) electrons. The van der Waals surface area contributed by atoms with Gasteiger partial charge in [-0.15, -0.1) is 0 Å². The van der Waals surface area contributed by atoms with Crippen LogP contribution in [0.3, 0.4) is 0 Å². The first-order valence-corrected chi connectivity index (χ1v) is 4.15. The van der Waals surface area contributed by atoms with Crippen LogP contribution in [-0.4, -0.2) is 10.7 Å². The molecule has 0 rings (SSSR count). The normalized spacial score (nSPS) is 7.86. The van der Waals surface area contributed by atoms with E-state index in [9.17, 15) is 0 Å². The molecular formula is C5H14KSi-. The fraction of sp³-hybridized carbons (Fsp3) is 0.800. The van der Waals surface area contributed by atoms with Crippen molar-refractivity contribution >= 4 is 9.45 Å². The summed E-state index contributed by atoms with van der Waals surface area (Å²) in [6, 6.07) is 0. The zero-order valence-corrected chi connectivity index (χ0v) is 10.2. The van der Waals surface area contributed by atoms with Gasteiger partial charge in [-0.25, -0.2) is 1.23 Å². The van der Waals surface area contributed by atoms with Crippen molar-refractivity contribution in [1.29, 1.82) is 1.23 Å². The van der Waals surface area contributed by atoms with E-state index in [-0.39, 0.29) is 51.4 Å². The minimum atomic E-state index is -0.630. The molecule has 0 saturated heterocycles. The molecule has 0 atom stereocenters. The second-order valence-corrected chi connectivity index (χ2v) is 2.08. The maximum atomic E-state index is 6.69. The van der Waals surface area contributed by atoms with Gasteiger partial charge >= 0.3 is 51.4 Å². The Bertz CT molecular complexity index is 23.6. The third kappa shape index (κ3) is 78.3. The molecule has 0 aromatic carbocycles. The minimum absolute atomic E-state index is 0. The van der Waals surface area contributed by atoms with E-state index in [1.807, 2.05) is 33.4 Å². The van der Waals surface area contributed by atoms with Crippen LogP contribution in [0.25, 0.3) is 0 Å². The summed E-state index contributed by atoms with van der Waals surface area (Å²) in [5.41, 5.74) is 0. The van der Waals surface area contributed by atoms with Gasteiger partial charge in [-0.2, -0.15) is 26.9 Å². The maximum absolute atomic E-state index is 6.69. The molecule has 0 nitrogen and oxygen atoms in total. The van der Waals surface area contributed by atoms with Gasteiger partial charge in [-0.1, -0.05) is 0 Å². The molecule has 0 heterocycles. The van der Waals surface area contributed by atoms with Gasteiger partial charge in [0.05, 0.1) is 0 Å². The molecule has 0 N–H and O–H groups in total. The molecule has 0 saturated carbocycles. The molecule has 0 aliphatic rings. The molecule has 0 aliphatic heterocycles. The van der Waals surface area contributed by atoms with Crippen molar-refractivity contribution in [2.75, 3.05) is 0 Å². The molecule has 0 aliphatic carbocycles. The van der Waals surface area contributed by atoms with Crippen LogP contribution in [0.4, 0.5) is 0 Å². The van der Waals surface area contributed by atoms with E-state index < -0.39 is 9.45 Å². The number of hydrogen-bond donors (Lipinski definition) is 0. The quantitative estimate of drug-likeness (QED) is 0.293. The Labute approximate surface area is 93.9 Å². The monoisotopic (exact) mass is 142 g/mol. The summed E-state index contributed by atoms with van der Waals surface area (Å²) in [6.07, 6.45) is 2.00. The van der Waals surface area contributed by atoms with Crippen molar-refractivity contribution < 1.29 is 51.4 Å². The van der Waals surface area contributed by atoms with Crippen LogP contribution in [0.2, 0.25) is 13.1 Å². The van der Waals surface area contributed by atoms with Crippen molar-refractivity contribution in [1.82, 2.24) is 0 Å². The number of rotatable bonds is 0. The topological polar surface area (TPSA) is 0 Å². The Balaban J connectivity index is -0.0000000575. The minimum Gasteiger partial charge on any atom is -0.335 e. The predicted molar refractivity (Wildman–Crippen MR) is 34.5 cm³/mol. The first-order valence-electron chi connectivity index (χ1n) is 2.65. The molecule has 0 aromatic rings. The van der Waals surface area contributed by atoms with Gasteiger partial charge < -0.3 is 6.42 Å². The second-order valence-electron chi connectivity index (χ2n) is 1.08. The summed E-state index contributed by atoms with van der Waals surface area (Å²) in [5.74, 6) is 0. The molecule has 0 amide bonds. The average molecular weight is 142 g/mol. The van der Waals surface area contributed by atoms with Gasteiger partial charge in [0, 0.05) is 0 Å². The molecule has 0 fully saturated rings. The van der Waals surface area contributed by atoms with Crippen LogP contribution in [0, 0.1) is 6.42 Å². The van der Waals surface area contributed by atoms with Crippen LogP contribution in [-0.2, 0) is 0 Å². The predicted octanol–water partition coefficient (Wildman–Crippen LogP) is -1.25. The molecule has 2 heteroatoms. The Morgan fingerprint density at radius 3 is 1.43 bits per heavy atom. The first kappa shape index (κ1) is 11.6. The fourth-order valence-electron chi connectivity index (χ4n) is 0. The van der Waals surface area contributed by atoms with Gasteiger partial charge in [0.2, 0.25) is 0 Å². The van der Waals surface area contributed by atoms with E-state index in [0.717, 1.165) is 0 Å². The van der Waals surface area contributed by atoms with Crippen LogP contribution in [0.15, 0.2) is 0 Å². The van der Waals surface area contributed by atoms with Crippen LogP contribution in [0.5, 0.6) is 0 Å². The third-order valence-electron chi connectivity index (χ3n) is 0. The summed E-state index contributed by atoms with van der Waals surface area (Å²) < 4.78 is 6.69. The van der Waals surface area contributed by atoms with Gasteiger partial charge in [0.25, 0.3) is 0 Å². The second kappa shape index (κ2) is 24.8. The van der Waals surface area contributed by atoms with Crippen LogP contribution in [0.1, 0.15) is 13.8 Å². The summed E-state index contributed by atoms with van der Waals surface area (Å²) >= 11 is 0.